The van der Waals surface area contributed by atoms with Crippen LogP contribution in [0.1, 0.15) is 38.0 Å². The summed E-state index contributed by atoms with van der Waals surface area (Å²) in [7, 11) is 3.82. The minimum atomic E-state index is -1.09. The summed E-state index contributed by atoms with van der Waals surface area (Å²) in [5.41, 5.74) is 2.21. The molecule has 0 saturated carbocycles. The number of hydrogen-bond donors (Lipinski definition) is 1. The number of anilines is 3. The van der Waals surface area contributed by atoms with Crippen LogP contribution in [0.2, 0.25) is 5.02 Å². The van der Waals surface area contributed by atoms with E-state index in [2.05, 4.69) is 5.32 Å². The number of halogens is 1. The van der Waals surface area contributed by atoms with Gasteiger partial charge in [-0.15, -0.1) is 0 Å². The van der Waals surface area contributed by atoms with Gasteiger partial charge in [-0.2, -0.15) is 0 Å². The maximum atomic E-state index is 12.9. The summed E-state index contributed by atoms with van der Waals surface area (Å²) in [6, 6.07) is 17.6. The maximum Gasteiger partial charge on any atom is 0.338 e. The van der Waals surface area contributed by atoms with E-state index < -0.39 is 29.8 Å². The average Bonchev–Trinajstić information content (AvgIpc) is 3.09. The van der Waals surface area contributed by atoms with E-state index in [-0.39, 0.29) is 16.7 Å². The molecule has 1 aliphatic rings. The Morgan fingerprint density at radius 1 is 0.914 bits per heavy atom. The average molecular weight is 492 g/mol. The second-order valence-electron chi connectivity index (χ2n) is 8.16. The van der Waals surface area contributed by atoms with Crippen LogP contribution < -0.4 is 15.1 Å². The van der Waals surface area contributed by atoms with E-state index in [0.717, 1.165) is 10.6 Å². The smallest absolute Gasteiger partial charge is 0.338 e. The first-order valence-corrected chi connectivity index (χ1v) is 11.1. The van der Waals surface area contributed by atoms with Gasteiger partial charge in [0.25, 0.3) is 17.7 Å². The minimum Gasteiger partial charge on any atom is -0.449 e. The lowest BCUT2D eigenvalue weighted by molar-refractivity contribution is -0.123. The molecule has 4 rings (SSSR count). The van der Waals surface area contributed by atoms with Gasteiger partial charge in [-0.3, -0.25) is 14.4 Å². The summed E-state index contributed by atoms with van der Waals surface area (Å²) < 4.78 is 5.30. The van der Waals surface area contributed by atoms with Crippen LogP contribution in [-0.4, -0.2) is 43.9 Å². The van der Waals surface area contributed by atoms with E-state index >= 15 is 0 Å². The van der Waals surface area contributed by atoms with Crippen molar-refractivity contribution >= 4 is 52.4 Å². The van der Waals surface area contributed by atoms with Crippen molar-refractivity contribution in [3.63, 3.8) is 0 Å². The van der Waals surface area contributed by atoms with Crippen molar-refractivity contribution in [3.8, 4) is 0 Å². The van der Waals surface area contributed by atoms with E-state index in [1.165, 1.54) is 25.1 Å². The van der Waals surface area contributed by atoms with Crippen molar-refractivity contribution < 1.29 is 23.9 Å². The number of ether oxygens (including phenoxy) is 1. The molecule has 1 atom stereocenters. The number of carbonyl (C=O) groups excluding carboxylic acids is 4. The number of esters is 1. The van der Waals surface area contributed by atoms with Crippen molar-refractivity contribution in [2.24, 2.45) is 0 Å². The number of imide groups is 1. The molecule has 0 aromatic heterocycles. The Labute approximate surface area is 207 Å². The molecule has 0 bridgehead atoms. The van der Waals surface area contributed by atoms with Gasteiger partial charge in [0.15, 0.2) is 6.10 Å². The van der Waals surface area contributed by atoms with Crippen LogP contribution in [0.15, 0.2) is 66.7 Å². The third-order valence-corrected chi connectivity index (χ3v) is 5.76. The molecule has 9 heteroatoms. The summed E-state index contributed by atoms with van der Waals surface area (Å²) in [4.78, 5) is 53.8. The minimum absolute atomic E-state index is 0.0536. The summed E-state index contributed by atoms with van der Waals surface area (Å²) in [6.07, 6.45) is -1.09. The second kappa shape index (κ2) is 9.60. The monoisotopic (exact) mass is 491 g/mol. The Kier molecular flexibility index (Phi) is 6.57. The maximum absolute atomic E-state index is 12.9. The number of benzene rings is 3. The van der Waals surface area contributed by atoms with Crippen molar-refractivity contribution in [1.29, 1.82) is 0 Å². The molecule has 8 nitrogen and oxygen atoms in total. The van der Waals surface area contributed by atoms with Gasteiger partial charge in [-0.05, 0) is 73.7 Å². The van der Waals surface area contributed by atoms with Gasteiger partial charge in [-0.1, -0.05) is 11.6 Å². The third kappa shape index (κ3) is 4.88. The first-order valence-electron chi connectivity index (χ1n) is 10.7. The van der Waals surface area contributed by atoms with Gasteiger partial charge in [0.05, 0.1) is 22.4 Å². The Morgan fingerprint density at radius 2 is 1.54 bits per heavy atom. The molecule has 3 amide bonds. The highest BCUT2D eigenvalue weighted by Crippen LogP contribution is 2.30. The molecule has 1 aliphatic heterocycles. The van der Waals surface area contributed by atoms with E-state index in [0.29, 0.717) is 16.4 Å². The molecule has 0 fully saturated rings. The van der Waals surface area contributed by atoms with Crippen LogP contribution in [0.3, 0.4) is 0 Å². The van der Waals surface area contributed by atoms with Crippen LogP contribution in [0.5, 0.6) is 0 Å². The predicted octanol–water partition coefficient (Wildman–Crippen LogP) is 4.39. The molecule has 3 aromatic rings. The van der Waals surface area contributed by atoms with E-state index in [4.69, 9.17) is 16.3 Å². The van der Waals surface area contributed by atoms with Gasteiger partial charge >= 0.3 is 5.97 Å². The highest BCUT2D eigenvalue weighted by atomic mass is 35.5. The summed E-state index contributed by atoms with van der Waals surface area (Å²) in [5, 5.41) is 3.17. The lowest BCUT2D eigenvalue weighted by atomic mass is 10.1. The van der Waals surface area contributed by atoms with Gasteiger partial charge in [0.2, 0.25) is 0 Å². The first-order chi connectivity index (χ1) is 16.7. The Bertz CT molecular complexity index is 1320. The van der Waals surface area contributed by atoms with Crippen LogP contribution in [0, 0.1) is 0 Å². The number of nitrogens with zero attached hydrogens (tertiary/aromatic N) is 2. The molecule has 35 heavy (non-hydrogen) atoms. The largest absolute Gasteiger partial charge is 0.449 e. The number of fused-ring (bicyclic) bond motifs is 1. The van der Waals surface area contributed by atoms with E-state index in [1.807, 2.05) is 31.1 Å². The van der Waals surface area contributed by atoms with Gasteiger partial charge in [0, 0.05) is 30.5 Å². The SMILES string of the molecule is CC(OC(=O)c1ccc2c(c1)C(=O)N(c1ccc(Cl)cc1)C2=O)C(=O)Nc1ccc(N(C)C)cc1. The Hall–Kier alpha value is -4.17. The van der Waals surface area contributed by atoms with Gasteiger partial charge < -0.3 is 15.0 Å². The Morgan fingerprint density at radius 3 is 2.17 bits per heavy atom. The molecule has 1 N–H and O–H groups in total. The second-order valence-corrected chi connectivity index (χ2v) is 8.60. The molecule has 1 heterocycles. The number of hydrogen-bond acceptors (Lipinski definition) is 6. The standard InChI is InChI=1S/C26H22ClN3O5/c1-15(23(31)28-18-7-11-19(12-8-18)29(2)3)35-26(34)16-4-13-21-22(14-16)25(33)30(24(21)32)20-9-5-17(27)6-10-20/h4-15H,1-3H3,(H,28,31). The zero-order valence-electron chi connectivity index (χ0n) is 19.2. The van der Waals surface area contributed by atoms with Crippen LogP contribution in [0.4, 0.5) is 17.1 Å². The van der Waals surface area contributed by atoms with E-state index in [9.17, 15) is 19.2 Å². The lowest BCUT2D eigenvalue weighted by Crippen LogP contribution is -2.30. The van der Waals surface area contributed by atoms with Crippen LogP contribution in [0.25, 0.3) is 0 Å². The summed E-state index contributed by atoms with van der Waals surface area (Å²) in [6.45, 7) is 1.45. The zero-order valence-corrected chi connectivity index (χ0v) is 20.0. The lowest BCUT2D eigenvalue weighted by Gasteiger charge is -2.15. The molecule has 0 spiro atoms. The zero-order chi connectivity index (χ0) is 25.3. The fourth-order valence-corrected chi connectivity index (χ4v) is 3.69. The molecule has 0 saturated heterocycles. The van der Waals surface area contributed by atoms with Crippen LogP contribution >= 0.6 is 11.6 Å². The molecule has 1 unspecified atom stereocenters. The fourth-order valence-electron chi connectivity index (χ4n) is 3.56. The quantitative estimate of drug-likeness (QED) is 0.406. The number of carbonyl (C=O) groups is 4. The number of nitrogens with one attached hydrogen (secondary N) is 1. The molecule has 0 radical (unpaired) electrons. The third-order valence-electron chi connectivity index (χ3n) is 5.51. The van der Waals surface area contributed by atoms with Gasteiger partial charge in [0.1, 0.15) is 0 Å². The number of rotatable bonds is 6. The predicted molar refractivity (Wildman–Crippen MR) is 133 cm³/mol. The van der Waals surface area contributed by atoms with Gasteiger partial charge in [-0.25, -0.2) is 9.69 Å². The highest BCUT2D eigenvalue weighted by molar-refractivity contribution is 6.35. The molecule has 3 aromatic carbocycles. The molecule has 178 valence electrons. The van der Waals surface area contributed by atoms with Crippen LogP contribution in [-0.2, 0) is 9.53 Å². The summed E-state index contributed by atoms with van der Waals surface area (Å²) >= 11 is 5.89. The number of amides is 3. The molecular formula is C26H22ClN3O5. The molecular weight excluding hydrogens is 470 g/mol. The van der Waals surface area contributed by atoms with E-state index in [1.54, 1.807) is 36.4 Å². The van der Waals surface area contributed by atoms with Crippen molar-refractivity contribution in [3.05, 3.63) is 88.4 Å². The summed E-state index contributed by atoms with van der Waals surface area (Å²) in [5.74, 6) is -2.35. The van der Waals surface area contributed by atoms with Crippen molar-refractivity contribution in [1.82, 2.24) is 0 Å². The molecule has 0 aliphatic carbocycles. The fraction of sp³-hybridized carbons (Fsp3) is 0.154. The first kappa shape index (κ1) is 24.0. The van der Waals surface area contributed by atoms with Crippen molar-refractivity contribution in [2.45, 2.75) is 13.0 Å². The van der Waals surface area contributed by atoms with Crippen molar-refractivity contribution in [2.75, 3.05) is 29.2 Å². The normalized spacial score (nSPS) is 13.3. The highest BCUT2D eigenvalue weighted by Gasteiger charge is 2.37. The Balaban J connectivity index is 1.45. The topological polar surface area (TPSA) is 96.0 Å².